The first-order chi connectivity index (χ1) is 17.7. The van der Waals surface area contributed by atoms with Gasteiger partial charge in [-0.2, -0.15) is 0 Å². The van der Waals surface area contributed by atoms with Crippen LogP contribution in [0.15, 0.2) is 110 Å². The van der Waals surface area contributed by atoms with Crippen molar-refractivity contribution in [1.29, 1.82) is 0 Å². The molecule has 0 atom stereocenters. The molecule has 1 amide bonds. The number of benzene rings is 3. The van der Waals surface area contributed by atoms with Crippen molar-refractivity contribution in [3.05, 3.63) is 115 Å². The summed E-state index contributed by atoms with van der Waals surface area (Å²) in [5.74, 6) is -0.161. The van der Waals surface area contributed by atoms with Gasteiger partial charge in [0.25, 0.3) is 5.91 Å². The van der Waals surface area contributed by atoms with Crippen LogP contribution in [-0.4, -0.2) is 15.9 Å². The molecule has 0 aliphatic carbocycles. The summed E-state index contributed by atoms with van der Waals surface area (Å²) in [6.07, 6.45) is 6.50. The number of anilines is 5. The molecule has 3 aromatic carbocycles. The standard InChI is InChI=1S/C27H21N5O.C3H8/c33-27(32-22-11-9-20(10-12-22)30-23-13-16-28-17-14-23)19-5-7-21(8-6-19)31-26-15-18-29-25-4-2-1-3-24(25)26;1-3-2/h1-18H,(H,28,30)(H,29,31)(H,32,33);3H2,1-2H3. The summed E-state index contributed by atoms with van der Waals surface area (Å²) in [5, 5.41) is 10.7. The van der Waals surface area contributed by atoms with E-state index in [0.29, 0.717) is 5.56 Å². The zero-order chi connectivity index (χ0) is 25.2. The van der Waals surface area contributed by atoms with Crippen LogP contribution in [0.5, 0.6) is 0 Å². The number of fused-ring (bicyclic) bond motifs is 1. The van der Waals surface area contributed by atoms with E-state index in [0.717, 1.165) is 39.3 Å². The summed E-state index contributed by atoms with van der Waals surface area (Å²) in [6.45, 7) is 4.25. The van der Waals surface area contributed by atoms with Gasteiger partial charge in [-0.25, -0.2) is 0 Å². The van der Waals surface area contributed by atoms with E-state index in [1.165, 1.54) is 6.42 Å². The second-order valence-electron chi connectivity index (χ2n) is 8.18. The number of aromatic nitrogens is 2. The third-order valence-corrected chi connectivity index (χ3v) is 5.19. The fraction of sp³-hybridized carbons (Fsp3) is 0.100. The first-order valence-corrected chi connectivity index (χ1v) is 12.0. The number of nitrogens with one attached hydrogen (secondary N) is 3. The fourth-order valence-electron chi connectivity index (χ4n) is 3.51. The molecule has 0 spiro atoms. The largest absolute Gasteiger partial charge is 0.355 e. The minimum Gasteiger partial charge on any atom is -0.355 e. The van der Waals surface area contributed by atoms with E-state index in [1.807, 2.05) is 78.9 Å². The van der Waals surface area contributed by atoms with E-state index in [1.54, 1.807) is 30.7 Å². The van der Waals surface area contributed by atoms with Gasteiger partial charge >= 0.3 is 0 Å². The third kappa shape index (κ3) is 6.45. The SMILES string of the molecule is CCC.O=C(Nc1ccc(Nc2ccncc2)cc1)c1ccc(Nc2ccnc3ccccc23)cc1. The number of nitrogens with zero attached hydrogens (tertiary/aromatic N) is 2. The molecule has 36 heavy (non-hydrogen) atoms. The van der Waals surface area contributed by atoms with Crippen molar-refractivity contribution in [1.82, 2.24) is 9.97 Å². The van der Waals surface area contributed by atoms with Crippen LogP contribution < -0.4 is 16.0 Å². The van der Waals surface area contributed by atoms with Gasteiger partial charge in [0.2, 0.25) is 0 Å². The van der Waals surface area contributed by atoms with Gasteiger partial charge in [-0.1, -0.05) is 38.5 Å². The average molecular weight is 476 g/mol. The Morgan fingerprint density at radius 2 is 1.25 bits per heavy atom. The first kappa shape index (κ1) is 24.4. The lowest BCUT2D eigenvalue weighted by Gasteiger charge is -2.11. The summed E-state index contributed by atoms with van der Waals surface area (Å²) in [6, 6.07) is 28.7. The predicted octanol–water partition coefficient (Wildman–Crippen LogP) is 7.79. The van der Waals surface area contributed by atoms with Gasteiger partial charge in [-0.3, -0.25) is 14.8 Å². The molecule has 0 fully saturated rings. The van der Waals surface area contributed by atoms with Crippen LogP contribution in [0.4, 0.5) is 28.4 Å². The summed E-state index contributed by atoms with van der Waals surface area (Å²) in [5.41, 5.74) is 5.99. The van der Waals surface area contributed by atoms with Crippen molar-refractivity contribution < 1.29 is 4.79 Å². The zero-order valence-electron chi connectivity index (χ0n) is 20.4. The van der Waals surface area contributed by atoms with E-state index < -0.39 is 0 Å². The van der Waals surface area contributed by atoms with Gasteiger partial charge in [0.1, 0.15) is 0 Å². The molecule has 6 heteroatoms. The van der Waals surface area contributed by atoms with Gasteiger partial charge in [0, 0.05) is 58.0 Å². The second-order valence-corrected chi connectivity index (χ2v) is 8.18. The lowest BCUT2D eigenvalue weighted by Crippen LogP contribution is -2.11. The molecule has 180 valence electrons. The molecule has 2 aromatic heterocycles. The van der Waals surface area contributed by atoms with Crippen molar-refractivity contribution >= 4 is 45.2 Å². The number of rotatable bonds is 6. The van der Waals surface area contributed by atoms with Crippen LogP contribution in [0.2, 0.25) is 0 Å². The van der Waals surface area contributed by atoms with E-state index in [2.05, 4.69) is 39.8 Å². The number of carbonyl (C=O) groups excluding carboxylic acids is 1. The number of hydrogen-bond donors (Lipinski definition) is 3. The van der Waals surface area contributed by atoms with Gasteiger partial charge in [-0.05, 0) is 72.8 Å². The molecule has 5 aromatic rings. The van der Waals surface area contributed by atoms with E-state index >= 15 is 0 Å². The van der Waals surface area contributed by atoms with Crippen molar-refractivity contribution in [3.8, 4) is 0 Å². The van der Waals surface area contributed by atoms with E-state index in [9.17, 15) is 4.79 Å². The highest BCUT2D eigenvalue weighted by Crippen LogP contribution is 2.25. The lowest BCUT2D eigenvalue weighted by atomic mass is 10.1. The van der Waals surface area contributed by atoms with Gasteiger partial charge in [0.15, 0.2) is 0 Å². The van der Waals surface area contributed by atoms with Crippen molar-refractivity contribution in [2.45, 2.75) is 20.3 Å². The van der Waals surface area contributed by atoms with Crippen molar-refractivity contribution in [3.63, 3.8) is 0 Å². The fourth-order valence-corrected chi connectivity index (χ4v) is 3.51. The minimum absolute atomic E-state index is 0.161. The molecule has 0 saturated carbocycles. The average Bonchev–Trinajstić information content (AvgIpc) is 2.91. The Labute approximate surface area is 211 Å². The summed E-state index contributed by atoms with van der Waals surface area (Å²) in [4.78, 5) is 21.1. The third-order valence-electron chi connectivity index (χ3n) is 5.19. The maximum absolute atomic E-state index is 12.7. The molecule has 0 bridgehead atoms. The Morgan fingerprint density at radius 3 is 1.97 bits per heavy atom. The summed E-state index contributed by atoms with van der Waals surface area (Å²) >= 11 is 0. The number of pyridine rings is 2. The topological polar surface area (TPSA) is 78.9 Å². The Morgan fingerprint density at radius 1 is 0.667 bits per heavy atom. The maximum atomic E-state index is 12.7. The van der Waals surface area contributed by atoms with Crippen LogP contribution in [0.3, 0.4) is 0 Å². The van der Waals surface area contributed by atoms with Gasteiger partial charge in [0.05, 0.1) is 5.52 Å². The van der Waals surface area contributed by atoms with Gasteiger partial charge < -0.3 is 16.0 Å². The van der Waals surface area contributed by atoms with Crippen molar-refractivity contribution in [2.24, 2.45) is 0 Å². The minimum atomic E-state index is -0.161. The molecule has 5 rings (SSSR count). The molecular formula is C30H29N5O. The normalized spacial score (nSPS) is 10.2. The Balaban J connectivity index is 0.000000967. The predicted molar refractivity (Wildman–Crippen MR) is 149 cm³/mol. The van der Waals surface area contributed by atoms with E-state index in [4.69, 9.17) is 0 Å². The molecule has 0 unspecified atom stereocenters. The second kappa shape index (κ2) is 12.1. The molecule has 0 aliphatic rings. The molecule has 3 N–H and O–H groups in total. The van der Waals surface area contributed by atoms with E-state index in [-0.39, 0.29) is 5.91 Å². The van der Waals surface area contributed by atoms with Crippen LogP contribution in [-0.2, 0) is 0 Å². The van der Waals surface area contributed by atoms with Crippen molar-refractivity contribution in [2.75, 3.05) is 16.0 Å². The molecular weight excluding hydrogens is 446 g/mol. The maximum Gasteiger partial charge on any atom is 0.255 e. The highest BCUT2D eigenvalue weighted by molar-refractivity contribution is 6.04. The Kier molecular flexibility index (Phi) is 8.22. The number of hydrogen-bond acceptors (Lipinski definition) is 5. The number of amides is 1. The van der Waals surface area contributed by atoms with Gasteiger partial charge in [-0.15, -0.1) is 0 Å². The highest BCUT2D eigenvalue weighted by atomic mass is 16.1. The van der Waals surface area contributed by atoms with Crippen LogP contribution in [0.1, 0.15) is 30.6 Å². The van der Waals surface area contributed by atoms with Crippen LogP contribution in [0, 0.1) is 0 Å². The quantitative estimate of drug-likeness (QED) is 0.234. The Bertz CT molecular complexity index is 1400. The Hall–Kier alpha value is -4.71. The monoisotopic (exact) mass is 475 g/mol. The zero-order valence-corrected chi connectivity index (χ0v) is 20.4. The molecule has 0 saturated heterocycles. The highest BCUT2D eigenvalue weighted by Gasteiger charge is 2.07. The summed E-state index contributed by atoms with van der Waals surface area (Å²) < 4.78 is 0. The number of carbonyl (C=O) groups is 1. The van der Waals surface area contributed by atoms with Crippen LogP contribution in [0.25, 0.3) is 10.9 Å². The molecule has 2 heterocycles. The van der Waals surface area contributed by atoms with Crippen LogP contribution >= 0.6 is 0 Å². The lowest BCUT2D eigenvalue weighted by molar-refractivity contribution is 0.102. The molecule has 6 nitrogen and oxygen atoms in total. The summed E-state index contributed by atoms with van der Waals surface area (Å²) in [7, 11) is 0. The first-order valence-electron chi connectivity index (χ1n) is 12.0. The number of para-hydroxylation sites is 1. The smallest absolute Gasteiger partial charge is 0.255 e. The molecule has 0 radical (unpaired) electrons. The molecule has 0 aliphatic heterocycles.